The van der Waals surface area contributed by atoms with Gasteiger partial charge in [0.2, 0.25) is 0 Å². The van der Waals surface area contributed by atoms with Gasteiger partial charge in [-0.25, -0.2) is 9.37 Å². The van der Waals surface area contributed by atoms with Crippen LogP contribution in [0.3, 0.4) is 0 Å². The van der Waals surface area contributed by atoms with Crippen LogP contribution >= 0.6 is 0 Å². The van der Waals surface area contributed by atoms with Crippen molar-refractivity contribution in [2.24, 2.45) is 0 Å². The molecule has 1 fully saturated rings. The van der Waals surface area contributed by atoms with Gasteiger partial charge in [0.1, 0.15) is 5.82 Å². The number of aromatic nitrogens is 2. The van der Waals surface area contributed by atoms with E-state index in [9.17, 15) is 4.39 Å². The Balaban J connectivity index is 1.67. The molecule has 4 heteroatoms. The smallest absolute Gasteiger partial charge is 0.123 e. The van der Waals surface area contributed by atoms with Gasteiger partial charge < -0.3 is 9.88 Å². The molecule has 0 radical (unpaired) electrons. The molecule has 0 saturated carbocycles. The highest BCUT2D eigenvalue weighted by Gasteiger charge is 2.18. The zero-order chi connectivity index (χ0) is 13.8. The first-order chi connectivity index (χ1) is 9.83. The van der Waals surface area contributed by atoms with E-state index in [1.165, 1.54) is 24.6 Å². The first kappa shape index (κ1) is 13.3. The summed E-state index contributed by atoms with van der Waals surface area (Å²) in [5.74, 6) is 0.443. The van der Waals surface area contributed by atoms with Crippen LogP contribution < -0.4 is 5.32 Å². The van der Waals surface area contributed by atoms with Gasteiger partial charge in [-0.1, -0.05) is 12.1 Å². The lowest BCUT2D eigenvalue weighted by Gasteiger charge is -2.23. The van der Waals surface area contributed by atoms with Crippen LogP contribution in [-0.4, -0.2) is 22.6 Å². The van der Waals surface area contributed by atoms with Crippen molar-refractivity contribution in [1.82, 2.24) is 14.9 Å². The number of hydrogen-bond donors (Lipinski definition) is 1. The van der Waals surface area contributed by atoms with Gasteiger partial charge in [0.05, 0.1) is 6.33 Å². The summed E-state index contributed by atoms with van der Waals surface area (Å²) in [4.78, 5) is 4.30. The van der Waals surface area contributed by atoms with Crippen molar-refractivity contribution < 1.29 is 4.39 Å². The molecular weight excluding hydrogens is 253 g/mol. The Kier molecular flexibility index (Phi) is 4.11. The van der Waals surface area contributed by atoms with Gasteiger partial charge in [0.15, 0.2) is 0 Å². The fraction of sp³-hybridized carbons (Fsp3) is 0.438. The number of aryl methyl sites for hydroxylation is 2. The van der Waals surface area contributed by atoms with Crippen LogP contribution in [0.4, 0.5) is 4.39 Å². The molecule has 3 rings (SSSR count). The molecule has 0 spiro atoms. The molecule has 0 aliphatic carbocycles. The van der Waals surface area contributed by atoms with Crippen LogP contribution in [0.2, 0.25) is 0 Å². The fourth-order valence-corrected chi connectivity index (χ4v) is 2.92. The standard InChI is InChI=1S/C16H20FN3/c17-15-3-1-2-13(10-15)6-9-20-12-19-11-16(20)14-4-7-18-8-5-14/h1-3,10-12,14,18H,4-9H2. The predicted molar refractivity (Wildman–Crippen MR) is 77.2 cm³/mol. The quantitative estimate of drug-likeness (QED) is 0.928. The minimum atomic E-state index is -0.160. The molecule has 2 heterocycles. The number of imidazole rings is 1. The van der Waals surface area contributed by atoms with Crippen LogP contribution in [0.1, 0.15) is 30.0 Å². The van der Waals surface area contributed by atoms with Crippen molar-refractivity contribution in [2.75, 3.05) is 13.1 Å². The molecule has 1 aromatic carbocycles. The molecule has 1 aromatic heterocycles. The summed E-state index contributed by atoms with van der Waals surface area (Å²) in [6.45, 7) is 3.03. The average Bonchev–Trinajstić information content (AvgIpc) is 2.95. The molecule has 1 aliphatic rings. The maximum atomic E-state index is 13.2. The highest BCUT2D eigenvalue weighted by atomic mass is 19.1. The second kappa shape index (κ2) is 6.18. The van der Waals surface area contributed by atoms with Gasteiger partial charge in [0.25, 0.3) is 0 Å². The van der Waals surface area contributed by atoms with E-state index in [1.807, 2.05) is 18.6 Å². The Morgan fingerprint density at radius 1 is 1.30 bits per heavy atom. The SMILES string of the molecule is Fc1cccc(CCn2cncc2C2CCNCC2)c1. The van der Waals surface area contributed by atoms with E-state index in [-0.39, 0.29) is 5.82 Å². The second-order valence-electron chi connectivity index (χ2n) is 5.42. The second-order valence-corrected chi connectivity index (χ2v) is 5.42. The Morgan fingerprint density at radius 2 is 2.15 bits per heavy atom. The number of nitrogens with one attached hydrogen (secondary N) is 1. The lowest BCUT2D eigenvalue weighted by Crippen LogP contribution is -2.27. The summed E-state index contributed by atoms with van der Waals surface area (Å²) in [6, 6.07) is 6.85. The molecule has 1 N–H and O–H groups in total. The van der Waals surface area contributed by atoms with Crippen LogP contribution in [0.25, 0.3) is 0 Å². The van der Waals surface area contributed by atoms with Gasteiger partial charge in [0, 0.05) is 24.4 Å². The number of piperidine rings is 1. The van der Waals surface area contributed by atoms with Crippen molar-refractivity contribution in [2.45, 2.75) is 31.7 Å². The van der Waals surface area contributed by atoms with Crippen molar-refractivity contribution in [3.8, 4) is 0 Å². The van der Waals surface area contributed by atoms with E-state index in [0.717, 1.165) is 31.6 Å². The van der Waals surface area contributed by atoms with E-state index in [2.05, 4.69) is 14.9 Å². The van der Waals surface area contributed by atoms with E-state index in [4.69, 9.17) is 0 Å². The zero-order valence-corrected chi connectivity index (χ0v) is 11.6. The summed E-state index contributed by atoms with van der Waals surface area (Å²) >= 11 is 0. The topological polar surface area (TPSA) is 29.9 Å². The van der Waals surface area contributed by atoms with Gasteiger partial charge in [-0.05, 0) is 50.0 Å². The Labute approximate surface area is 118 Å². The highest BCUT2D eigenvalue weighted by Crippen LogP contribution is 2.25. The summed E-state index contributed by atoms with van der Waals surface area (Å²) in [5, 5.41) is 3.39. The summed E-state index contributed by atoms with van der Waals surface area (Å²) in [6.07, 6.45) is 7.07. The lowest BCUT2D eigenvalue weighted by molar-refractivity contribution is 0.438. The molecule has 0 amide bonds. The third-order valence-corrected chi connectivity index (χ3v) is 4.03. The maximum absolute atomic E-state index is 13.2. The number of benzene rings is 1. The number of nitrogens with zero attached hydrogens (tertiary/aromatic N) is 2. The average molecular weight is 273 g/mol. The Morgan fingerprint density at radius 3 is 2.95 bits per heavy atom. The van der Waals surface area contributed by atoms with Crippen LogP contribution in [0, 0.1) is 5.82 Å². The maximum Gasteiger partial charge on any atom is 0.123 e. The molecule has 1 aliphatic heterocycles. The highest BCUT2D eigenvalue weighted by molar-refractivity contribution is 5.17. The molecule has 0 unspecified atom stereocenters. The van der Waals surface area contributed by atoms with Crippen molar-refractivity contribution >= 4 is 0 Å². The minimum Gasteiger partial charge on any atom is -0.334 e. The van der Waals surface area contributed by atoms with Crippen molar-refractivity contribution in [3.63, 3.8) is 0 Å². The first-order valence-electron chi connectivity index (χ1n) is 7.28. The molecule has 2 aromatic rings. The largest absolute Gasteiger partial charge is 0.334 e. The van der Waals surface area contributed by atoms with Gasteiger partial charge >= 0.3 is 0 Å². The molecular formula is C16H20FN3. The third-order valence-electron chi connectivity index (χ3n) is 4.03. The lowest BCUT2D eigenvalue weighted by atomic mass is 9.95. The first-order valence-corrected chi connectivity index (χ1v) is 7.28. The molecule has 0 atom stereocenters. The van der Waals surface area contributed by atoms with E-state index >= 15 is 0 Å². The zero-order valence-electron chi connectivity index (χ0n) is 11.6. The normalized spacial score (nSPS) is 16.4. The molecule has 20 heavy (non-hydrogen) atoms. The molecule has 1 saturated heterocycles. The Hall–Kier alpha value is -1.68. The summed E-state index contributed by atoms with van der Waals surface area (Å²) in [5.41, 5.74) is 2.36. The minimum absolute atomic E-state index is 0.160. The number of hydrogen-bond acceptors (Lipinski definition) is 2. The molecule has 3 nitrogen and oxygen atoms in total. The molecule has 106 valence electrons. The number of halogens is 1. The van der Waals surface area contributed by atoms with E-state index < -0.39 is 0 Å². The number of rotatable bonds is 4. The van der Waals surface area contributed by atoms with Gasteiger partial charge in [-0.2, -0.15) is 0 Å². The van der Waals surface area contributed by atoms with Crippen molar-refractivity contribution in [1.29, 1.82) is 0 Å². The van der Waals surface area contributed by atoms with Crippen molar-refractivity contribution in [3.05, 3.63) is 53.9 Å². The van der Waals surface area contributed by atoms with Crippen LogP contribution in [0.15, 0.2) is 36.8 Å². The summed E-state index contributed by atoms with van der Waals surface area (Å²) < 4.78 is 15.4. The fourth-order valence-electron chi connectivity index (χ4n) is 2.92. The Bertz CT molecular complexity index is 558. The van der Waals surface area contributed by atoms with E-state index in [0.29, 0.717) is 5.92 Å². The third kappa shape index (κ3) is 3.07. The van der Waals surface area contributed by atoms with Crippen LogP contribution in [0.5, 0.6) is 0 Å². The van der Waals surface area contributed by atoms with Crippen LogP contribution in [-0.2, 0) is 13.0 Å². The molecule has 0 bridgehead atoms. The predicted octanol–water partition coefficient (Wildman–Crippen LogP) is 2.73. The monoisotopic (exact) mass is 273 g/mol. The van der Waals surface area contributed by atoms with Gasteiger partial charge in [-0.15, -0.1) is 0 Å². The van der Waals surface area contributed by atoms with E-state index in [1.54, 1.807) is 12.1 Å². The van der Waals surface area contributed by atoms with Gasteiger partial charge in [-0.3, -0.25) is 0 Å². The summed E-state index contributed by atoms with van der Waals surface area (Å²) in [7, 11) is 0.